The maximum Gasteiger partial charge on any atom is 0.141 e. The fourth-order valence-electron chi connectivity index (χ4n) is 2.18. The Morgan fingerprint density at radius 2 is 1.72 bits per heavy atom. The van der Waals surface area contributed by atoms with Crippen molar-refractivity contribution in [3.05, 3.63) is 0 Å². The summed E-state index contributed by atoms with van der Waals surface area (Å²) in [5.41, 5.74) is -0.0584. The molecular formula is C15H29NO2. The summed E-state index contributed by atoms with van der Waals surface area (Å²) in [5, 5.41) is 3.39. The Kier molecular flexibility index (Phi) is 4.96. The lowest BCUT2D eigenvalue weighted by Gasteiger charge is -2.37. The van der Waals surface area contributed by atoms with Gasteiger partial charge in [-0.15, -0.1) is 0 Å². The molecular weight excluding hydrogens is 226 g/mol. The summed E-state index contributed by atoms with van der Waals surface area (Å²) in [7, 11) is 0. The molecule has 0 aliphatic heterocycles. The molecule has 0 aromatic rings. The predicted octanol–water partition coefficient (Wildman–Crippen LogP) is 2.78. The summed E-state index contributed by atoms with van der Waals surface area (Å²) >= 11 is 0. The first-order valence-electron chi connectivity index (χ1n) is 7.00. The molecule has 0 atom stereocenters. The van der Waals surface area contributed by atoms with Crippen molar-refractivity contribution in [2.75, 3.05) is 13.2 Å². The minimum atomic E-state index is -0.205. The normalized spacial score (nSPS) is 24.8. The molecule has 1 N–H and O–H groups in total. The zero-order valence-electron chi connectivity index (χ0n) is 12.8. The van der Waals surface area contributed by atoms with Crippen LogP contribution in [0.15, 0.2) is 0 Å². The molecule has 1 saturated carbocycles. The molecule has 106 valence electrons. The molecule has 1 fully saturated rings. The van der Waals surface area contributed by atoms with Crippen LogP contribution < -0.4 is 5.32 Å². The molecule has 1 aliphatic rings. The lowest BCUT2D eigenvalue weighted by molar-refractivity contribution is -0.139. The van der Waals surface area contributed by atoms with Crippen molar-refractivity contribution in [1.29, 1.82) is 0 Å². The van der Waals surface area contributed by atoms with Crippen LogP contribution in [-0.4, -0.2) is 30.6 Å². The number of hydrogen-bond acceptors (Lipinski definition) is 3. The van der Waals surface area contributed by atoms with Crippen molar-refractivity contribution in [2.45, 2.75) is 66.0 Å². The van der Waals surface area contributed by atoms with Gasteiger partial charge in [0.05, 0.1) is 12.7 Å². The molecule has 0 saturated heterocycles. The summed E-state index contributed by atoms with van der Waals surface area (Å²) in [5.74, 6) is 0.612. The highest BCUT2D eigenvalue weighted by Gasteiger charge is 2.39. The van der Waals surface area contributed by atoms with Crippen LogP contribution in [0.3, 0.4) is 0 Å². The maximum atomic E-state index is 12.0. The maximum absolute atomic E-state index is 12.0. The van der Waals surface area contributed by atoms with Crippen LogP contribution in [-0.2, 0) is 9.53 Å². The van der Waals surface area contributed by atoms with Gasteiger partial charge in [-0.1, -0.05) is 20.8 Å². The van der Waals surface area contributed by atoms with E-state index in [2.05, 4.69) is 26.1 Å². The van der Waals surface area contributed by atoms with Gasteiger partial charge in [0.1, 0.15) is 5.78 Å². The third-order valence-corrected chi connectivity index (χ3v) is 3.32. The van der Waals surface area contributed by atoms with Gasteiger partial charge in [0.25, 0.3) is 0 Å². The van der Waals surface area contributed by atoms with Crippen molar-refractivity contribution >= 4 is 5.78 Å². The third-order valence-electron chi connectivity index (χ3n) is 3.32. The highest BCUT2D eigenvalue weighted by molar-refractivity contribution is 5.86. The first-order valence-corrected chi connectivity index (χ1v) is 7.00. The topological polar surface area (TPSA) is 38.3 Å². The number of Topliss-reactive ketones (excluding diaryl/α,β-unsaturated/α-hetero) is 1. The second-order valence-corrected chi connectivity index (χ2v) is 7.45. The van der Waals surface area contributed by atoms with E-state index in [1.807, 2.05) is 20.8 Å². The van der Waals surface area contributed by atoms with E-state index in [4.69, 9.17) is 4.74 Å². The van der Waals surface area contributed by atoms with Crippen LogP contribution >= 0.6 is 0 Å². The van der Waals surface area contributed by atoms with Crippen LogP contribution in [0.1, 0.15) is 54.4 Å². The minimum Gasteiger partial charge on any atom is -0.377 e. The number of carbonyl (C=O) groups is 1. The molecule has 18 heavy (non-hydrogen) atoms. The molecule has 0 heterocycles. The van der Waals surface area contributed by atoms with Crippen molar-refractivity contribution in [1.82, 2.24) is 5.32 Å². The van der Waals surface area contributed by atoms with E-state index in [-0.39, 0.29) is 16.9 Å². The van der Waals surface area contributed by atoms with Crippen LogP contribution in [0.4, 0.5) is 0 Å². The second kappa shape index (κ2) is 5.70. The largest absolute Gasteiger partial charge is 0.377 e. The van der Waals surface area contributed by atoms with E-state index < -0.39 is 0 Å². The summed E-state index contributed by atoms with van der Waals surface area (Å²) in [6.07, 6.45) is 2.11. The van der Waals surface area contributed by atoms with Crippen molar-refractivity contribution in [2.24, 2.45) is 11.3 Å². The summed E-state index contributed by atoms with van der Waals surface area (Å²) < 4.78 is 5.75. The van der Waals surface area contributed by atoms with Gasteiger partial charge >= 0.3 is 0 Å². The van der Waals surface area contributed by atoms with Crippen LogP contribution in [0, 0.1) is 11.3 Å². The van der Waals surface area contributed by atoms with Gasteiger partial charge < -0.3 is 10.1 Å². The Morgan fingerprint density at radius 1 is 1.17 bits per heavy atom. The van der Waals surface area contributed by atoms with E-state index in [0.29, 0.717) is 11.9 Å². The Hall–Kier alpha value is -0.410. The van der Waals surface area contributed by atoms with Crippen molar-refractivity contribution < 1.29 is 9.53 Å². The predicted molar refractivity (Wildman–Crippen MR) is 74.7 cm³/mol. The Bertz CT molecular complexity index is 280. The van der Waals surface area contributed by atoms with E-state index in [1.54, 1.807) is 0 Å². The number of nitrogens with one attached hydrogen (secondary N) is 1. The number of rotatable bonds is 5. The molecule has 0 spiro atoms. The molecule has 0 amide bonds. The Balaban J connectivity index is 2.11. The van der Waals surface area contributed by atoms with Gasteiger partial charge in [-0.3, -0.25) is 4.79 Å². The van der Waals surface area contributed by atoms with Gasteiger partial charge in [-0.05, 0) is 33.6 Å². The molecule has 0 bridgehead atoms. The smallest absolute Gasteiger partial charge is 0.141 e. The van der Waals surface area contributed by atoms with Crippen molar-refractivity contribution in [3.8, 4) is 0 Å². The minimum absolute atomic E-state index is 0.147. The van der Waals surface area contributed by atoms with Crippen LogP contribution in [0.2, 0.25) is 0 Å². The highest BCUT2D eigenvalue weighted by atomic mass is 16.5. The summed E-state index contributed by atoms with van der Waals surface area (Å²) in [6.45, 7) is 14.0. The lowest BCUT2D eigenvalue weighted by Crippen LogP contribution is -2.43. The number of carbonyl (C=O) groups excluding carboxylic acids is 1. The van der Waals surface area contributed by atoms with Crippen molar-refractivity contribution in [3.63, 3.8) is 0 Å². The molecule has 0 radical (unpaired) electrons. The lowest BCUT2D eigenvalue weighted by atomic mass is 9.71. The van der Waals surface area contributed by atoms with Crippen LogP contribution in [0.25, 0.3) is 0 Å². The van der Waals surface area contributed by atoms with E-state index in [0.717, 1.165) is 26.0 Å². The monoisotopic (exact) mass is 255 g/mol. The van der Waals surface area contributed by atoms with Gasteiger partial charge in [-0.25, -0.2) is 0 Å². The van der Waals surface area contributed by atoms with Gasteiger partial charge in [0.2, 0.25) is 0 Å². The van der Waals surface area contributed by atoms with E-state index in [9.17, 15) is 4.79 Å². The Labute approximate surface area is 112 Å². The van der Waals surface area contributed by atoms with Gasteiger partial charge in [-0.2, -0.15) is 0 Å². The van der Waals surface area contributed by atoms with E-state index >= 15 is 0 Å². The fraction of sp³-hybridized carbons (Fsp3) is 0.933. The quantitative estimate of drug-likeness (QED) is 0.768. The average Bonchev–Trinajstić information content (AvgIpc) is 2.10. The summed E-state index contributed by atoms with van der Waals surface area (Å²) in [4.78, 5) is 12.0. The molecule has 3 nitrogen and oxygen atoms in total. The van der Waals surface area contributed by atoms with Gasteiger partial charge in [0.15, 0.2) is 0 Å². The second-order valence-electron chi connectivity index (χ2n) is 7.45. The Morgan fingerprint density at radius 3 is 2.17 bits per heavy atom. The molecule has 1 aliphatic carbocycles. The van der Waals surface area contributed by atoms with E-state index in [1.165, 1.54) is 0 Å². The molecule has 1 rings (SSSR count). The highest BCUT2D eigenvalue weighted by Crippen LogP contribution is 2.35. The SMILES string of the molecule is CC(C)(C)NCCOC1CC(C(=O)C(C)(C)C)C1. The van der Waals surface area contributed by atoms with Gasteiger partial charge in [0, 0.05) is 23.4 Å². The molecule has 0 aromatic heterocycles. The average molecular weight is 255 g/mol. The molecule has 0 aromatic carbocycles. The zero-order chi connectivity index (χ0) is 14.0. The fourth-order valence-corrected chi connectivity index (χ4v) is 2.18. The number of hydrogen-bond donors (Lipinski definition) is 1. The summed E-state index contributed by atoms with van der Waals surface area (Å²) in [6, 6.07) is 0. The standard InChI is InChI=1S/C15H29NO2/c1-14(2,3)13(17)11-9-12(10-11)18-8-7-16-15(4,5)6/h11-12,16H,7-10H2,1-6H3. The van der Waals surface area contributed by atoms with Crippen LogP contribution in [0.5, 0.6) is 0 Å². The molecule has 0 unspecified atom stereocenters. The first kappa shape index (κ1) is 15.6. The molecule has 3 heteroatoms. The first-order chi connectivity index (χ1) is 8.09. The number of ether oxygens (including phenoxy) is 1. The zero-order valence-corrected chi connectivity index (χ0v) is 12.8. The third kappa shape index (κ3) is 5.07. The number of ketones is 1.